The van der Waals surface area contributed by atoms with E-state index in [9.17, 15) is 0 Å². The van der Waals surface area contributed by atoms with Crippen LogP contribution in [-0.4, -0.2) is 21.3 Å². The van der Waals surface area contributed by atoms with Gasteiger partial charge in [-0.2, -0.15) is 0 Å². The van der Waals surface area contributed by atoms with Gasteiger partial charge in [-0.3, -0.25) is 5.32 Å². The molecule has 3 nitrogen and oxygen atoms in total. The molecule has 14 heavy (non-hydrogen) atoms. The van der Waals surface area contributed by atoms with E-state index in [1.165, 1.54) is 0 Å². The number of halogens is 1. The fourth-order valence-corrected chi connectivity index (χ4v) is 1.82. The topological polar surface area (TPSA) is 30.5 Å². The molecule has 0 aliphatic carbocycles. The minimum absolute atomic E-state index is 0.0859. The zero-order valence-electron chi connectivity index (χ0n) is 8.50. The molecular weight excluding hydrogens is 246 g/mol. The van der Waals surface area contributed by atoms with Crippen molar-refractivity contribution in [1.29, 1.82) is 0 Å². The van der Waals surface area contributed by atoms with Crippen molar-refractivity contribution in [3.8, 4) is 5.75 Å². The number of nitrogens with one attached hydrogen (secondary N) is 1. The van der Waals surface area contributed by atoms with Crippen molar-refractivity contribution in [3.05, 3.63) is 28.2 Å². The van der Waals surface area contributed by atoms with Crippen LogP contribution in [0.2, 0.25) is 0 Å². The Balaban J connectivity index is 2.95. The van der Waals surface area contributed by atoms with Gasteiger partial charge < -0.3 is 9.47 Å². The predicted molar refractivity (Wildman–Crippen MR) is 59.5 cm³/mol. The maximum Gasteiger partial charge on any atom is 0.133 e. The summed E-state index contributed by atoms with van der Waals surface area (Å²) >= 11 is 3.43. The molecule has 0 aliphatic rings. The van der Waals surface area contributed by atoms with Gasteiger partial charge in [0, 0.05) is 7.11 Å². The van der Waals surface area contributed by atoms with Crippen LogP contribution in [0.1, 0.15) is 11.8 Å². The van der Waals surface area contributed by atoms with E-state index in [2.05, 4.69) is 21.2 Å². The average Bonchev–Trinajstić information content (AvgIpc) is 2.20. The lowest BCUT2D eigenvalue weighted by Crippen LogP contribution is -2.17. The molecule has 0 heterocycles. The molecule has 0 spiro atoms. The summed E-state index contributed by atoms with van der Waals surface area (Å²) in [7, 11) is 5.16. The van der Waals surface area contributed by atoms with Gasteiger partial charge in [0.2, 0.25) is 0 Å². The quantitative estimate of drug-likeness (QED) is 0.843. The van der Waals surface area contributed by atoms with Gasteiger partial charge in [0.1, 0.15) is 12.0 Å². The Kier molecular flexibility index (Phi) is 4.38. The minimum atomic E-state index is -0.0859. The van der Waals surface area contributed by atoms with E-state index >= 15 is 0 Å². The van der Waals surface area contributed by atoms with Crippen LogP contribution in [0.25, 0.3) is 0 Å². The Morgan fingerprint density at radius 3 is 2.50 bits per heavy atom. The van der Waals surface area contributed by atoms with Crippen molar-refractivity contribution in [2.24, 2.45) is 0 Å². The third kappa shape index (κ3) is 2.47. The Labute approximate surface area is 92.5 Å². The van der Waals surface area contributed by atoms with Crippen molar-refractivity contribution in [2.45, 2.75) is 6.23 Å². The van der Waals surface area contributed by atoms with Crippen LogP contribution in [-0.2, 0) is 4.74 Å². The molecule has 0 radical (unpaired) electrons. The van der Waals surface area contributed by atoms with E-state index in [1.807, 2.05) is 25.2 Å². The van der Waals surface area contributed by atoms with E-state index in [4.69, 9.17) is 9.47 Å². The third-order valence-corrected chi connectivity index (χ3v) is 2.60. The van der Waals surface area contributed by atoms with Crippen LogP contribution in [0.3, 0.4) is 0 Å². The second-order valence-corrected chi connectivity index (χ2v) is 3.65. The molecule has 0 amide bonds. The molecule has 4 heteroatoms. The number of hydrogen-bond donors (Lipinski definition) is 1. The number of ether oxygens (including phenoxy) is 2. The third-order valence-electron chi connectivity index (χ3n) is 1.98. The van der Waals surface area contributed by atoms with E-state index in [0.29, 0.717) is 0 Å². The number of hydrogen-bond acceptors (Lipinski definition) is 3. The molecule has 78 valence electrons. The number of methoxy groups -OCH3 is 2. The van der Waals surface area contributed by atoms with E-state index in [1.54, 1.807) is 14.2 Å². The molecular formula is C10H14BrNO2. The van der Waals surface area contributed by atoms with E-state index in [-0.39, 0.29) is 6.23 Å². The van der Waals surface area contributed by atoms with Crippen molar-refractivity contribution in [3.63, 3.8) is 0 Å². The molecule has 1 aromatic carbocycles. The smallest absolute Gasteiger partial charge is 0.133 e. The highest BCUT2D eigenvalue weighted by atomic mass is 79.9. The fourth-order valence-electron chi connectivity index (χ4n) is 1.27. The molecule has 1 unspecified atom stereocenters. The maximum atomic E-state index is 5.24. The molecule has 0 saturated heterocycles. The van der Waals surface area contributed by atoms with Crippen LogP contribution < -0.4 is 10.1 Å². The lowest BCUT2D eigenvalue weighted by atomic mass is 10.2. The van der Waals surface area contributed by atoms with Gasteiger partial charge in [0.25, 0.3) is 0 Å². The summed E-state index contributed by atoms with van der Waals surface area (Å²) < 4.78 is 11.3. The van der Waals surface area contributed by atoms with Gasteiger partial charge >= 0.3 is 0 Å². The molecule has 1 atom stereocenters. The van der Waals surface area contributed by atoms with E-state index < -0.39 is 0 Å². The lowest BCUT2D eigenvalue weighted by Gasteiger charge is -2.15. The van der Waals surface area contributed by atoms with Gasteiger partial charge in [-0.25, -0.2) is 0 Å². The zero-order chi connectivity index (χ0) is 10.6. The first kappa shape index (κ1) is 11.5. The Hall–Kier alpha value is -0.580. The summed E-state index contributed by atoms with van der Waals surface area (Å²) in [5, 5.41) is 3.05. The Morgan fingerprint density at radius 1 is 1.36 bits per heavy atom. The molecule has 1 aromatic rings. The largest absolute Gasteiger partial charge is 0.496 e. The average molecular weight is 260 g/mol. The highest BCUT2D eigenvalue weighted by molar-refractivity contribution is 9.10. The lowest BCUT2D eigenvalue weighted by molar-refractivity contribution is 0.0808. The monoisotopic (exact) mass is 259 g/mol. The summed E-state index contributed by atoms with van der Waals surface area (Å²) in [5.74, 6) is 0.819. The van der Waals surface area contributed by atoms with Crippen molar-refractivity contribution in [1.82, 2.24) is 5.32 Å². The molecule has 1 N–H and O–H groups in total. The summed E-state index contributed by atoms with van der Waals surface area (Å²) in [4.78, 5) is 0. The van der Waals surface area contributed by atoms with Gasteiger partial charge in [-0.05, 0) is 40.7 Å². The number of rotatable bonds is 4. The molecule has 0 fully saturated rings. The normalized spacial score (nSPS) is 12.6. The van der Waals surface area contributed by atoms with Crippen LogP contribution in [0.5, 0.6) is 5.75 Å². The van der Waals surface area contributed by atoms with Crippen LogP contribution in [0, 0.1) is 0 Å². The fraction of sp³-hybridized carbons (Fsp3) is 0.400. The van der Waals surface area contributed by atoms with Crippen LogP contribution in [0.4, 0.5) is 0 Å². The highest BCUT2D eigenvalue weighted by Gasteiger charge is 2.09. The van der Waals surface area contributed by atoms with Gasteiger partial charge in [-0.1, -0.05) is 6.07 Å². The molecule has 0 aromatic heterocycles. The van der Waals surface area contributed by atoms with Crippen molar-refractivity contribution >= 4 is 15.9 Å². The first-order valence-corrected chi connectivity index (χ1v) is 5.05. The highest BCUT2D eigenvalue weighted by Crippen LogP contribution is 2.27. The van der Waals surface area contributed by atoms with Gasteiger partial charge in [-0.15, -0.1) is 0 Å². The number of benzene rings is 1. The maximum absolute atomic E-state index is 5.24. The molecule has 0 saturated carbocycles. The minimum Gasteiger partial charge on any atom is -0.496 e. The van der Waals surface area contributed by atoms with Crippen LogP contribution >= 0.6 is 15.9 Å². The first-order valence-electron chi connectivity index (χ1n) is 4.26. The molecule has 0 bridgehead atoms. The SMILES string of the molecule is CNC(OC)c1ccc(OC)c(Br)c1. The predicted octanol–water partition coefficient (Wildman–Crippen LogP) is 2.32. The zero-order valence-corrected chi connectivity index (χ0v) is 10.1. The van der Waals surface area contributed by atoms with Crippen molar-refractivity contribution in [2.75, 3.05) is 21.3 Å². The van der Waals surface area contributed by atoms with Crippen LogP contribution in [0.15, 0.2) is 22.7 Å². The van der Waals surface area contributed by atoms with E-state index in [0.717, 1.165) is 15.8 Å². The summed E-state index contributed by atoms with van der Waals surface area (Å²) in [6.45, 7) is 0. The molecule has 1 rings (SSSR count). The van der Waals surface area contributed by atoms with Gasteiger partial charge in [0.05, 0.1) is 11.6 Å². The van der Waals surface area contributed by atoms with Gasteiger partial charge in [0.15, 0.2) is 0 Å². The Bertz CT molecular complexity index is 300. The first-order chi connectivity index (χ1) is 6.72. The standard InChI is InChI=1S/C10H14BrNO2/c1-12-10(14-3)7-4-5-9(13-2)8(11)6-7/h4-6,10,12H,1-3H3. The second-order valence-electron chi connectivity index (χ2n) is 2.80. The second kappa shape index (κ2) is 5.34. The summed E-state index contributed by atoms with van der Waals surface area (Å²) in [5.41, 5.74) is 1.06. The van der Waals surface area contributed by atoms with Crippen molar-refractivity contribution < 1.29 is 9.47 Å². The summed E-state index contributed by atoms with van der Waals surface area (Å²) in [6.07, 6.45) is -0.0859. The Morgan fingerprint density at radius 2 is 2.07 bits per heavy atom. The summed E-state index contributed by atoms with van der Waals surface area (Å²) in [6, 6.07) is 5.85. The molecule has 0 aliphatic heterocycles.